The van der Waals surface area contributed by atoms with Crippen LogP contribution in [0.5, 0.6) is 0 Å². The topological polar surface area (TPSA) is 45.2 Å². The van der Waals surface area contributed by atoms with Gasteiger partial charge in [0.2, 0.25) is 0 Å². The van der Waals surface area contributed by atoms with E-state index in [-0.39, 0.29) is 5.91 Å². The average molecular weight is 314 g/mol. The third kappa shape index (κ3) is 5.14. The van der Waals surface area contributed by atoms with E-state index in [1.54, 1.807) is 18.3 Å². The number of pyridine rings is 1. The zero-order valence-corrected chi connectivity index (χ0v) is 12.5. The van der Waals surface area contributed by atoms with Crippen molar-refractivity contribution in [1.82, 2.24) is 15.2 Å². The van der Waals surface area contributed by atoms with Crippen LogP contribution in [0.1, 0.15) is 30.6 Å². The fourth-order valence-corrected chi connectivity index (χ4v) is 1.89. The average Bonchev–Trinajstić information content (AvgIpc) is 2.39. The van der Waals surface area contributed by atoms with Crippen LogP contribution in [0, 0.1) is 0 Å². The predicted octanol–water partition coefficient (Wildman–Crippen LogP) is 2.31. The first-order valence-corrected chi connectivity index (χ1v) is 7.08. The molecule has 0 aliphatic rings. The first-order valence-electron chi connectivity index (χ1n) is 6.29. The lowest BCUT2D eigenvalue weighted by Crippen LogP contribution is -2.29. The molecule has 0 unspecified atom stereocenters. The molecule has 1 rings (SSSR count). The standard InChI is InChI=1S/C13H20BrN3O/c1-3-17(4-2)9-5-8-15-13(18)11-6-7-12(14)16-10-11/h6-7,10H,3-5,8-9H2,1-2H3,(H,15,18). The van der Waals surface area contributed by atoms with Crippen molar-refractivity contribution in [2.24, 2.45) is 0 Å². The first kappa shape index (κ1) is 15.1. The Morgan fingerprint density at radius 2 is 2.11 bits per heavy atom. The van der Waals surface area contributed by atoms with Crippen LogP contribution in [0.15, 0.2) is 22.9 Å². The molecule has 1 heterocycles. The molecule has 0 saturated heterocycles. The molecule has 0 fully saturated rings. The molecule has 1 amide bonds. The van der Waals surface area contributed by atoms with Crippen molar-refractivity contribution in [2.75, 3.05) is 26.2 Å². The molecule has 0 aliphatic carbocycles. The molecule has 4 nitrogen and oxygen atoms in total. The lowest BCUT2D eigenvalue weighted by atomic mass is 10.2. The number of aromatic nitrogens is 1. The van der Waals surface area contributed by atoms with Gasteiger partial charge in [-0.3, -0.25) is 4.79 Å². The van der Waals surface area contributed by atoms with E-state index in [2.05, 4.69) is 45.0 Å². The van der Waals surface area contributed by atoms with Crippen molar-refractivity contribution < 1.29 is 4.79 Å². The van der Waals surface area contributed by atoms with Crippen molar-refractivity contribution in [3.05, 3.63) is 28.5 Å². The molecule has 0 bridgehead atoms. The molecule has 18 heavy (non-hydrogen) atoms. The summed E-state index contributed by atoms with van der Waals surface area (Å²) in [5.41, 5.74) is 0.598. The second kappa shape index (κ2) is 8.21. The van der Waals surface area contributed by atoms with Gasteiger partial charge < -0.3 is 10.2 Å². The number of carbonyl (C=O) groups is 1. The van der Waals surface area contributed by atoms with Crippen molar-refractivity contribution in [1.29, 1.82) is 0 Å². The van der Waals surface area contributed by atoms with E-state index in [0.29, 0.717) is 12.1 Å². The Hall–Kier alpha value is -0.940. The summed E-state index contributed by atoms with van der Waals surface area (Å²) in [5, 5.41) is 2.90. The van der Waals surface area contributed by atoms with E-state index in [1.807, 2.05) is 0 Å². The number of nitrogens with one attached hydrogen (secondary N) is 1. The Labute approximate surface area is 117 Å². The maximum absolute atomic E-state index is 11.8. The van der Waals surface area contributed by atoms with E-state index in [1.165, 1.54) is 0 Å². The lowest BCUT2D eigenvalue weighted by Gasteiger charge is -2.17. The normalized spacial score (nSPS) is 10.7. The summed E-state index contributed by atoms with van der Waals surface area (Å²) >= 11 is 3.24. The van der Waals surface area contributed by atoms with Crippen molar-refractivity contribution in [2.45, 2.75) is 20.3 Å². The van der Waals surface area contributed by atoms with Gasteiger partial charge in [0.25, 0.3) is 5.91 Å². The zero-order chi connectivity index (χ0) is 13.4. The van der Waals surface area contributed by atoms with E-state index in [0.717, 1.165) is 30.7 Å². The summed E-state index contributed by atoms with van der Waals surface area (Å²) in [6, 6.07) is 3.53. The van der Waals surface area contributed by atoms with Gasteiger partial charge in [0, 0.05) is 12.7 Å². The van der Waals surface area contributed by atoms with E-state index >= 15 is 0 Å². The molecule has 0 aromatic carbocycles. The summed E-state index contributed by atoms with van der Waals surface area (Å²) in [6.07, 6.45) is 2.54. The number of amides is 1. The second-order valence-electron chi connectivity index (χ2n) is 4.01. The Balaban J connectivity index is 2.27. The molecule has 0 aliphatic heterocycles. The quantitative estimate of drug-likeness (QED) is 0.620. The van der Waals surface area contributed by atoms with Crippen LogP contribution in [0.3, 0.4) is 0 Å². The number of rotatable bonds is 7. The monoisotopic (exact) mass is 313 g/mol. The van der Waals surface area contributed by atoms with Gasteiger partial charge in [-0.25, -0.2) is 4.98 Å². The highest BCUT2D eigenvalue weighted by Gasteiger charge is 2.05. The van der Waals surface area contributed by atoms with Gasteiger partial charge in [-0.15, -0.1) is 0 Å². The first-order chi connectivity index (χ1) is 8.67. The Morgan fingerprint density at radius 3 is 2.67 bits per heavy atom. The summed E-state index contributed by atoms with van der Waals surface area (Å²) in [6.45, 7) is 8.13. The van der Waals surface area contributed by atoms with Crippen LogP contribution in [0.25, 0.3) is 0 Å². The van der Waals surface area contributed by atoms with E-state index in [9.17, 15) is 4.79 Å². The minimum Gasteiger partial charge on any atom is -0.352 e. The highest BCUT2D eigenvalue weighted by atomic mass is 79.9. The van der Waals surface area contributed by atoms with E-state index in [4.69, 9.17) is 0 Å². The summed E-state index contributed by atoms with van der Waals surface area (Å²) < 4.78 is 0.737. The Kier molecular flexibility index (Phi) is 6.90. The fraction of sp³-hybridized carbons (Fsp3) is 0.538. The number of halogens is 1. The van der Waals surface area contributed by atoms with Gasteiger partial charge in [-0.05, 0) is 54.1 Å². The maximum Gasteiger partial charge on any atom is 0.252 e. The highest BCUT2D eigenvalue weighted by molar-refractivity contribution is 9.10. The molecule has 0 atom stereocenters. The van der Waals surface area contributed by atoms with Gasteiger partial charge in [0.1, 0.15) is 4.60 Å². The largest absolute Gasteiger partial charge is 0.352 e. The van der Waals surface area contributed by atoms with Gasteiger partial charge in [-0.1, -0.05) is 13.8 Å². The molecule has 0 spiro atoms. The van der Waals surface area contributed by atoms with Gasteiger partial charge in [-0.2, -0.15) is 0 Å². The number of hydrogen-bond donors (Lipinski definition) is 1. The molecular formula is C13H20BrN3O. The molecule has 100 valence electrons. The molecular weight excluding hydrogens is 294 g/mol. The van der Waals surface area contributed by atoms with Crippen molar-refractivity contribution >= 4 is 21.8 Å². The summed E-state index contributed by atoms with van der Waals surface area (Å²) in [4.78, 5) is 18.1. The van der Waals surface area contributed by atoms with Crippen LogP contribution in [0.2, 0.25) is 0 Å². The number of carbonyl (C=O) groups excluding carboxylic acids is 1. The minimum atomic E-state index is -0.0606. The number of nitrogens with zero attached hydrogens (tertiary/aromatic N) is 2. The molecule has 0 saturated carbocycles. The zero-order valence-electron chi connectivity index (χ0n) is 10.9. The molecule has 5 heteroatoms. The highest BCUT2D eigenvalue weighted by Crippen LogP contribution is 2.06. The lowest BCUT2D eigenvalue weighted by molar-refractivity contribution is 0.0951. The van der Waals surface area contributed by atoms with Crippen molar-refractivity contribution in [3.8, 4) is 0 Å². The third-order valence-corrected chi connectivity index (χ3v) is 3.29. The third-order valence-electron chi connectivity index (χ3n) is 2.82. The SMILES string of the molecule is CCN(CC)CCCNC(=O)c1ccc(Br)nc1. The summed E-state index contributed by atoms with van der Waals surface area (Å²) in [5.74, 6) is -0.0606. The number of hydrogen-bond acceptors (Lipinski definition) is 3. The molecule has 1 aromatic rings. The van der Waals surface area contributed by atoms with Gasteiger partial charge in [0.05, 0.1) is 5.56 Å². The maximum atomic E-state index is 11.8. The Morgan fingerprint density at radius 1 is 1.39 bits per heavy atom. The Bertz CT molecular complexity index is 363. The minimum absolute atomic E-state index is 0.0606. The molecule has 0 radical (unpaired) electrons. The van der Waals surface area contributed by atoms with Crippen LogP contribution < -0.4 is 5.32 Å². The van der Waals surface area contributed by atoms with Crippen LogP contribution in [-0.2, 0) is 0 Å². The predicted molar refractivity (Wildman–Crippen MR) is 76.7 cm³/mol. The summed E-state index contributed by atoms with van der Waals surface area (Å²) in [7, 11) is 0. The molecule has 1 aromatic heterocycles. The fourth-order valence-electron chi connectivity index (χ4n) is 1.66. The van der Waals surface area contributed by atoms with Gasteiger partial charge in [0.15, 0.2) is 0 Å². The second-order valence-corrected chi connectivity index (χ2v) is 4.82. The smallest absolute Gasteiger partial charge is 0.252 e. The van der Waals surface area contributed by atoms with Gasteiger partial charge >= 0.3 is 0 Å². The molecule has 1 N–H and O–H groups in total. The van der Waals surface area contributed by atoms with E-state index < -0.39 is 0 Å². The van der Waals surface area contributed by atoms with Crippen LogP contribution in [-0.4, -0.2) is 42.0 Å². The van der Waals surface area contributed by atoms with Crippen molar-refractivity contribution in [3.63, 3.8) is 0 Å². The van der Waals surface area contributed by atoms with Crippen LogP contribution in [0.4, 0.5) is 0 Å². The van der Waals surface area contributed by atoms with Crippen LogP contribution >= 0.6 is 15.9 Å².